The van der Waals surface area contributed by atoms with E-state index in [0.717, 1.165) is 11.3 Å². The minimum Gasteiger partial charge on any atom is -0.508 e. The van der Waals surface area contributed by atoms with Crippen molar-refractivity contribution >= 4 is 52.2 Å². The van der Waals surface area contributed by atoms with Gasteiger partial charge in [-0.05, 0) is 108 Å². The van der Waals surface area contributed by atoms with E-state index >= 15 is 0 Å². The fraction of sp³-hybridized carbons (Fsp3) is 0.435. The van der Waals surface area contributed by atoms with Gasteiger partial charge in [0.05, 0.1) is 23.2 Å². The lowest BCUT2D eigenvalue weighted by Gasteiger charge is -2.50. The number of phenols is 2. The lowest BCUT2D eigenvalue weighted by atomic mass is 9.57. The number of rotatable bonds is 7. The smallest absolute Gasteiger partial charge is 0.255 e. The Labute approximate surface area is 378 Å². The molecule has 2 saturated carbocycles. The molecule has 6 aliphatic rings. The summed E-state index contributed by atoms with van der Waals surface area (Å²) in [6.07, 6.45) is 0.672. The number of primary amides is 2. The van der Waals surface area contributed by atoms with Gasteiger partial charge in [0.2, 0.25) is 11.6 Å². The summed E-state index contributed by atoms with van der Waals surface area (Å²) in [6, 6.07) is 4.05. The molecule has 8 atom stereocenters. The first-order chi connectivity index (χ1) is 30.8. The molecule has 8 rings (SSSR count). The Morgan fingerprint density at radius 2 is 1.05 bits per heavy atom. The van der Waals surface area contributed by atoms with Crippen molar-refractivity contribution in [2.75, 3.05) is 54.2 Å². The molecule has 2 amide bonds. The van der Waals surface area contributed by atoms with Gasteiger partial charge in [-0.1, -0.05) is 6.07 Å². The number of ketones is 4. The number of nitrogens with two attached hydrogens (primary N) is 2. The van der Waals surface area contributed by atoms with Crippen molar-refractivity contribution in [1.82, 2.24) is 15.1 Å². The quantitative estimate of drug-likeness (QED) is 0.159. The number of hydrogen-bond acceptors (Lipinski definition) is 18. The summed E-state index contributed by atoms with van der Waals surface area (Å²) in [5.74, 6) is -13.0. The van der Waals surface area contributed by atoms with E-state index in [-0.39, 0.29) is 59.5 Å². The third-order valence-electron chi connectivity index (χ3n) is 14.1. The van der Waals surface area contributed by atoms with Crippen LogP contribution in [-0.2, 0) is 48.2 Å². The number of hydrogen-bond donors (Lipinski definition) is 11. The lowest BCUT2D eigenvalue weighted by molar-refractivity contribution is -0.155. The third kappa shape index (κ3) is 6.60. The second-order valence-electron chi connectivity index (χ2n) is 18.4. The Morgan fingerprint density at radius 1 is 0.652 bits per heavy atom. The van der Waals surface area contributed by atoms with Gasteiger partial charge in [0.25, 0.3) is 11.8 Å². The highest BCUT2D eigenvalue weighted by atomic mass is 16.4. The minimum atomic E-state index is -2.63. The van der Waals surface area contributed by atoms with Gasteiger partial charge in [0.15, 0.2) is 22.8 Å². The van der Waals surface area contributed by atoms with E-state index in [1.54, 1.807) is 47.4 Å². The van der Waals surface area contributed by atoms with Crippen LogP contribution >= 0.6 is 0 Å². The van der Waals surface area contributed by atoms with Crippen molar-refractivity contribution < 1.29 is 69.6 Å². The molecule has 66 heavy (non-hydrogen) atoms. The average molecular weight is 915 g/mol. The summed E-state index contributed by atoms with van der Waals surface area (Å²) < 4.78 is 0. The second kappa shape index (κ2) is 16.4. The number of phenolic OH excluding ortho intramolecular Hbond substituents is 2. The number of fused-ring (bicyclic) bond motifs is 6. The number of amides is 2. The molecule has 0 bridgehead atoms. The largest absolute Gasteiger partial charge is 0.508 e. The van der Waals surface area contributed by atoms with E-state index in [1.807, 2.05) is 19.0 Å². The summed E-state index contributed by atoms with van der Waals surface area (Å²) in [5.41, 5.74) is 6.44. The van der Waals surface area contributed by atoms with Crippen LogP contribution in [0.4, 0.5) is 5.69 Å². The van der Waals surface area contributed by atoms with Crippen LogP contribution in [0.1, 0.15) is 40.7 Å². The van der Waals surface area contributed by atoms with E-state index in [4.69, 9.17) is 11.5 Å². The average Bonchev–Trinajstić information content (AvgIpc) is 3.21. The van der Waals surface area contributed by atoms with Crippen LogP contribution in [0, 0.1) is 23.7 Å². The van der Waals surface area contributed by atoms with Crippen molar-refractivity contribution in [2.24, 2.45) is 35.1 Å². The fourth-order valence-corrected chi connectivity index (χ4v) is 11.3. The zero-order chi connectivity index (χ0) is 49.0. The van der Waals surface area contributed by atoms with Crippen LogP contribution < -0.4 is 21.7 Å². The predicted octanol–water partition coefficient (Wildman–Crippen LogP) is -0.287. The standard InChI is InChI=1S/2C23H27N3O7/c1-25(2)12-5-6-13(27)15-10(12)7-9-8-11-17(26(3)4)19(29)16(22(24)32)21(31)23(11,33)20(30)14(9)18(15)28;1-25-8-9-4-5-13(27)15-11(9)6-10-7-12-17(26(2)3)19(29)16(22(24)32)21(31)23(12,33)20(30)14(10)18(15)28/h5-6,9,11,17,27-28,31,33H,7-8H2,1-4H3,(H2,24,32);4-5,10,12,17,25,27-28,31,33H,6-8H2,1-3H3,(H2,24,32)/t9-,11-,17+,23-;10-,12-,17-,23-/m00/s1. The maximum absolute atomic E-state index is 13.7. The van der Waals surface area contributed by atoms with Crippen molar-refractivity contribution in [1.29, 1.82) is 0 Å². The molecular weight excluding hydrogens is 861 g/mol. The Morgan fingerprint density at radius 3 is 1.42 bits per heavy atom. The minimum absolute atomic E-state index is 0.0638. The maximum Gasteiger partial charge on any atom is 0.255 e. The van der Waals surface area contributed by atoms with Crippen LogP contribution in [0.15, 0.2) is 58.1 Å². The third-order valence-corrected chi connectivity index (χ3v) is 14.1. The number of likely N-dealkylation sites (N-methyl/N-ethyl adjacent to an activating group) is 2. The first-order valence-corrected chi connectivity index (χ1v) is 21.1. The number of anilines is 1. The highest BCUT2D eigenvalue weighted by Gasteiger charge is 2.66. The number of carbonyl (C=O) groups excluding carboxylic acids is 6. The zero-order valence-corrected chi connectivity index (χ0v) is 37.3. The van der Waals surface area contributed by atoms with Gasteiger partial charge in [-0.2, -0.15) is 0 Å². The van der Waals surface area contributed by atoms with Crippen molar-refractivity contribution in [3.63, 3.8) is 0 Å². The van der Waals surface area contributed by atoms with Crippen LogP contribution in [0.3, 0.4) is 0 Å². The van der Waals surface area contributed by atoms with E-state index in [2.05, 4.69) is 5.32 Å². The molecule has 13 N–H and O–H groups in total. The Hall–Kier alpha value is -6.58. The summed E-state index contributed by atoms with van der Waals surface area (Å²) in [4.78, 5) is 82.1. The molecule has 2 aromatic carbocycles. The zero-order valence-electron chi connectivity index (χ0n) is 37.3. The van der Waals surface area contributed by atoms with E-state index in [1.165, 1.54) is 21.9 Å². The number of aromatic hydroxyl groups is 2. The Bertz CT molecular complexity index is 2680. The topological polar surface area (TPSA) is 338 Å². The number of nitrogens with one attached hydrogen (secondary N) is 1. The van der Waals surface area contributed by atoms with Crippen LogP contribution in [0.25, 0.3) is 11.5 Å². The molecule has 0 aliphatic heterocycles. The van der Waals surface area contributed by atoms with Gasteiger partial charge < -0.3 is 62.5 Å². The SMILES string of the molecule is CN(C)c1ccc(O)c2c1C[C@H]1C[C@H]3[C@@H](N(C)C)C(=O)C(C(N)=O)=C(O)[C@@]3(O)C(=O)C1=C2O.CNCc1ccc(O)c2c1C[C@H]1C[C@H]3[C@H](N(C)C)C(=O)C(C(N)=O)=C(O)[C@@]3(O)C(=O)C1=C2O. The van der Waals surface area contributed by atoms with E-state index in [9.17, 15) is 69.6 Å². The normalized spacial score (nSPS) is 29.1. The number of nitrogens with zero attached hydrogens (tertiary/aromatic N) is 3. The van der Waals surface area contributed by atoms with Gasteiger partial charge in [-0.25, -0.2) is 0 Å². The molecule has 0 heterocycles. The number of aliphatic hydroxyl groups is 6. The number of benzene rings is 2. The van der Waals surface area contributed by atoms with Crippen molar-refractivity contribution in [3.8, 4) is 11.5 Å². The van der Waals surface area contributed by atoms with Crippen LogP contribution in [0.5, 0.6) is 11.5 Å². The summed E-state index contributed by atoms with van der Waals surface area (Å²) in [6.45, 7) is 0.462. The molecule has 20 nitrogen and oxygen atoms in total. The predicted molar refractivity (Wildman–Crippen MR) is 236 cm³/mol. The number of aliphatic hydroxyl groups excluding tert-OH is 4. The van der Waals surface area contributed by atoms with Gasteiger partial charge >= 0.3 is 0 Å². The molecule has 352 valence electrons. The molecule has 0 unspecified atom stereocenters. The molecular formula is C46H54N6O14. The first-order valence-electron chi connectivity index (χ1n) is 21.1. The summed E-state index contributed by atoms with van der Waals surface area (Å²) in [7, 11) is 11.6. The number of carbonyl (C=O) groups is 6. The molecule has 6 aliphatic carbocycles. The second-order valence-corrected chi connectivity index (χ2v) is 18.4. The van der Waals surface area contributed by atoms with E-state index in [0.29, 0.717) is 17.7 Å². The monoisotopic (exact) mass is 914 g/mol. The fourth-order valence-electron chi connectivity index (χ4n) is 11.3. The van der Waals surface area contributed by atoms with Crippen molar-refractivity contribution in [3.05, 3.63) is 85.9 Å². The molecule has 2 aromatic rings. The van der Waals surface area contributed by atoms with E-state index < -0.39 is 116 Å². The van der Waals surface area contributed by atoms with Crippen molar-refractivity contribution in [2.45, 2.75) is 55.5 Å². The Kier molecular flexibility index (Phi) is 11.8. The first kappa shape index (κ1) is 47.4. The van der Waals surface area contributed by atoms with Gasteiger partial charge in [0, 0.05) is 49.3 Å². The highest BCUT2D eigenvalue weighted by molar-refractivity contribution is 6.25. The van der Waals surface area contributed by atoms with Gasteiger partial charge in [-0.15, -0.1) is 0 Å². The maximum atomic E-state index is 13.7. The summed E-state index contributed by atoms with van der Waals surface area (Å²) in [5, 5.41) is 90.8. The Balaban J connectivity index is 0.000000196. The summed E-state index contributed by atoms with van der Waals surface area (Å²) >= 11 is 0. The lowest BCUT2D eigenvalue weighted by Crippen LogP contribution is -2.65. The van der Waals surface area contributed by atoms with Crippen LogP contribution in [0.2, 0.25) is 0 Å². The molecule has 20 heteroatoms. The molecule has 0 saturated heterocycles. The molecule has 0 radical (unpaired) electrons. The van der Waals surface area contributed by atoms with Gasteiger partial charge in [-0.3, -0.25) is 38.6 Å². The molecule has 0 aromatic heterocycles. The highest BCUT2D eigenvalue weighted by Crippen LogP contribution is 2.55. The van der Waals surface area contributed by atoms with Gasteiger partial charge in [0.1, 0.15) is 45.7 Å². The number of Topliss-reactive ketones (excluding diaryl/α,β-unsaturated/α-hetero) is 4. The van der Waals surface area contributed by atoms with Crippen LogP contribution in [-0.4, -0.2) is 158 Å². The molecule has 0 spiro atoms. The molecule has 2 fully saturated rings.